The van der Waals surface area contributed by atoms with Gasteiger partial charge in [0.25, 0.3) is 11.5 Å². The Morgan fingerprint density at radius 3 is 2.78 bits per heavy atom. The molecule has 1 aliphatic heterocycles. The van der Waals surface area contributed by atoms with Crippen molar-refractivity contribution in [2.75, 3.05) is 13.1 Å². The molecule has 1 N–H and O–H groups in total. The summed E-state index contributed by atoms with van der Waals surface area (Å²) < 4.78 is 1.45. The average molecular weight is 368 g/mol. The van der Waals surface area contributed by atoms with E-state index in [-0.39, 0.29) is 17.5 Å². The summed E-state index contributed by atoms with van der Waals surface area (Å²) in [5, 5.41) is 3.74. The zero-order chi connectivity index (χ0) is 18.8. The third-order valence-corrected chi connectivity index (χ3v) is 6.06. The van der Waals surface area contributed by atoms with Gasteiger partial charge in [-0.3, -0.25) is 14.5 Å². The molecule has 1 amide bonds. The summed E-state index contributed by atoms with van der Waals surface area (Å²) in [6, 6.07) is 6.03. The number of carbonyl (C=O) groups is 1. The van der Waals surface area contributed by atoms with E-state index in [2.05, 4.69) is 15.2 Å². The van der Waals surface area contributed by atoms with Crippen molar-refractivity contribution in [3.05, 3.63) is 40.4 Å². The summed E-state index contributed by atoms with van der Waals surface area (Å²) in [6.07, 6.45) is 10.3. The van der Waals surface area contributed by atoms with Crippen molar-refractivity contribution >= 4 is 16.8 Å². The first kappa shape index (κ1) is 18.2. The van der Waals surface area contributed by atoms with Gasteiger partial charge in [0, 0.05) is 31.2 Å². The van der Waals surface area contributed by atoms with Gasteiger partial charge in [-0.1, -0.05) is 19.3 Å². The van der Waals surface area contributed by atoms with E-state index in [0.717, 1.165) is 25.9 Å². The predicted molar refractivity (Wildman–Crippen MR) is 106 cm³/mol. The lowest BCUT2D eigenvalue weighted by atomic mass is 9.92. The highest BCUT2D eigenvalue weighted by atomic mass is 16.1. The Labute approximate surface area is 159 Å². The second kappa shape index (κ2) is 7.80. The lowest BCUT2D eigenvalue weighted by molar-refractivity contribution is 0.0836. The minimum atomic E-state index is -0.0950. The van der Waals surface area contributed by atoms with Crippen molar-refractivity contribution in [3.8, 4) is 0 Å². The maximum Gasteiger partial charge on any atom is 0.260 e. The number of hydrogen-bond donors (Lipinski definition) is 1. The minimum Gasteiger partial charge on any atom is -0.348 e. The van der Waals surface area contributed by atoms with Crippen LogP contribution >= 0.6 is 0 Å². The predicted octanol–water partition coefficient (Wildman–Crippen LogP) is 2.46. The summed E-state index contributed by atoms with van der Waals surface area (Å²) in [5.41, 5.74) is 1.04. The Morgan fingerprint density at radius 1 is 1.15 bits per heavy atom. The van der Waals surface area contributed by atoms with Crippen molar-refractivity contribution in [1.29, 1.82) is 0 Å². The van der Waals surface area contributed by atoms with Gasteiger partial charge in [-0.25, -0.2) is 4.98 Å². The largest absolute Gasteiger partial charge is 0.348 e. The SMILES string of the molecule is Cn1cnc2cc(C(=O)N[C@@H]3CCCN(C4CCCCC4)C3)ccc2c1=O. The fraction of sp³-hybridized carbons (Fsp3) is 0.571. The first-order chi connectivity index (χ1) is 13.1. The van der Waals surface area contributed by atoms with Crippen LogP contribution in [-0.4, -0.2) is 45.5 Å². The van der Waals surface area contributed by atoms with Gasteiger partial charge in [-0.05, 0) is 50.4 Å². The number of hydrogen-bond acceptors (Lipinski definition) is 4. The molecule has 144 valence electrons. The number of piperidine rings is 1. The Morgan fingerprint density at radius 2 is 1.96 bits per heavy atom. The number of carbonyl (C=O) groups excluding carboxylic acids is 1. The maximum atomic E-state index is 12.8. The van der Waals surface area contributed by atoms with Gasteiger partial charge in [0.1, 0.15) is 0 Å². The molecule has 1 saturated carbocycles. The Kier molecular flexibility index (Phi) is 5.25. The van der Waals surface area contributed by atoms with Crippen molar-refractivity contribution in [3.63, 3.8) is 0 Å². The minimum absolute atomic E-state index is 0.0742. The number of fused-ring (bicyclic) bond motifs is 1. The lowest BCUT2D eigenvalue weighted by Crippen LogP contribution is -2.51. The molecule has 2 heterocycles. The fourth-order valence-corrected chi connectivity index (χ4v) is 4.52. The number of benzene rings is 1. The molecule has 0 radical (unpaired) electrons. The second-order valence-electron chi connectivity index (χ2n) is 7.99. The van der Waals surface area contributed by atoms with Crippen LogP contribution in [0.5, 0.6) is 0 Å². The normalized spacial score (nSPS) is 22.0. The van der Waals surface area contributed by atoms with E-state index in [4.69, 9.17) is 0 Å². The van der Waals surface area contributed by atoms with Crippen LogP contribution in [0.25, 0.3) is 10.9 Å². The second-order valence-corrected chi connectivity index (χ2v) is 7.99. The van der Waals surface area contributed by atoms with Crippen molar-refractivity contribution in [2.45, 2.75) is 57.0 Å². The lowest BCUT2D eigenvalue weighted by Gasteiger charge is -2.40. The molecule has 4 rings (SSSR count). The molecule has 1 aliphatic carbocycles. The molecular formula is C21H28N4O2. The van der Waals surface area contributed by atoms with Gasteiger partial charge in [-0.15, -0.1) is 0 Å². The molecular weight excluding hydrogens is 340 g/mol. The summed E-state index contributed by atoms with van der Waals surface area (Å²) in [5.74, 6) is -0.0742. The van der Waals surface area contributed by atoms with Crippen LogP contribution in [0.2, 0.25) is 0 Å². The van der Waals surface area contributed by atoms with Crippen molar-refractivity contribution in [1.82, 2.24) is 19.8 Å². The van der Waals surface area contributed by atoms with Crippen LogP contribution in [0, 0.1) is 0 Å². The first-order valence-corrected chi connectivity index (χ1v) is 10.1. The summed E-state index contributed by atoms with van der Waals surface area (Å²) in [7, 11) is 1.68. The Hall–Kier alpha value is -2.21. The van der Waals surface area contributed by atoms with Gasteiger partial charge in [0.2, 0.25) is 0 Å². The molecule has 1 saturated heterocycles. The number of aromatic nitrogens is 2. The van der Waals surface area contributed by atoms with E-state index in [0.29, 0.717) is 22.5 Å². The molecule has 27 heavy (non-hydrogen) atoms. The smallest absolute Gasteiger partial charge is 0.260 e. The van der Waals surface area contributed by atoms with Gasteiger partial charge in [-0.2, -0.15) is 0 Å². The highest BCUT2D eigenvalue weighted by Gasteiger charge is 2.27. The van der Waals surface area contributed by atoms with E-state index in [1.54, 1.807) is 25.2 Å². The number of amides is 1. The molecule has 6 nitrogen and oxygen atoms in total. The van der Waals surface area contributed by atoms with Crippen LogP contribution in [0.4, 0.5) is 0 Å². The van der Waals surface area contributed by atoms with Crippen LogP contribution in [0.3, 0.4) is 0 Å². The van der Waals surface area contributed by atoms with E-state index in [1.165, 1.54) is 43.0 Å². The molecule has 1 aromatic heterocycles. The number of rotatable bonds is 3. The molecule has 0 unspecified atom stereocenters. The standard InChI is InChI=1S/C21H28N4O2/c1-24-14-22-19-12-15(9-10-18(19)21(24)27)20(26)23-16-6-5-11-25(13-16)17-7-3-2-4-8-17/h9-10,12,14,16-17H,2-8,11,13H2,1H3,(H,23,26)/t16-/m1/s1. The third kappa shape index (κ3) is 3.90. The van der Waals surface area contributed by atoms with Gasteiger partial charge < -0.3 is 9.88 Å². The molecule has 1 aromatic carbocycles. The highest BCUT2D eigenvalue weighted by Crippen LogP contribution is 2.25. The first-order valence-electron chi connectivity index (χ1n) is 10.1. The number of nitrogens with one attached hydrogen (secondary N) is 1. The summed E-state index contributed by atoms with van der Waals surface area (Å²) >= 11 is 0. The van der Waals surface area contributed by atoms with Gasteiger partial charge >= 0.3 is 0 Å². The molecule has 6 heteroatoms. The molecule has 1 atom stereocenters. The van der Waals surface area contributed by atoms with Crippen LogP contribution < -0.4 is 10.9 Å². The van der Waals surface area contributed by atoms with Crippen molar-refractivity contribution < 1.29 is 4.79 Å². The molecule has 0 spiro atoms. The summed E-state index contributed by atoms with van der Waals surface area (Å²) in [4.78, 5) is 31.7. The topological polar surface area (TPSA) is 67.2 Å². The zero-order valence-electron chi connectivity index (χ0n) is 16.0. The van der Waals surface area contributed by atoms with E-state index >= 15 is 0 Å². The molecule has 2 aliphatic rings. The summed E-state index contributed by atoms with van der Waals surface area (Å²) in [6.45, 7) is 2.10. The van der Waals surface area contributed by atoms with Crippen LogP contribution in [0.15, 0.2) is 29.3 Å². The number of aryl methyl sites for hydroxylation is 1. The zero-order valence-corrected chi connectivity index (χ0v) is 16.0. The van der Waals surface area contributed by atoms with Crippen LogP contribution in [0.1, 0.15) is 55.3 Å². The number of likely N-dealkylation sites (tertiary alicyclic amines) is 1. The highest BCUT2D eigenvalue weighted by molar-refractivity contribution is 5.97. The Bertz CT molecular complexity index is 885. The maximum absolute atomic E-state index is 12.8. The monoisotopic (exact) mass is 368 g/mol. The molecule has 2 aromatic rings. The van der Waals surface area contributed by atoms with E-state index in [1.807, 2.05) is 0 Å². The molecule has 0 bridgehead atoms. The van der Waals surface area contributed by atoms with E-state index < -0.39 is 0 Å². The third-order valence-electron chi connectivity index (χ3n) is 6.06. The number of nitrogens with zero attached hydrogens (tertiary/aromatic N) is 3. The van der Waals surface area contributed by atoms with Crippen molar-refractivity contribution in [2.24, 2.45) is 7.05 Å². The fourth-order valence-electron chi connectivity index (χ4n) is 4.52. The quantitative estimate of drug-likeness (QED) is 0.904. The Balaban J connectivity index is 1.44. The van der Waals surface area contributed by atoms with Gasteiger partial charge in [0.05, 0.1) is 17.2 Å². The van der Waals surface area contributed by atoms with Crippen LogP contribution in [-0.2, 0) is 7.05 Å². The average Bonchev–Trinajstić information content (AvgIpc) is 2.71. The van der Waals surface area contributed by atoms with E-state index in [9.17, 15) is 9.59 Å². The molecule has 2 fully saturated rings. The van der Waals surface area contributed by atoms with Gasteiger partial charge in [0.15, 0.2) is 0 Å².